The Balaban J connectivity index is 2.86. The highest BCUT2D eigenvalue weighted by Gasteiger charge is 2.18. The molecule has 0 amide bonds. The molecule has 0 saturated carbocycles. The molecular weight excluding hydrogens is 260 g/mol. The van der Waals surface area contributed by atoms with Crippen molar-refractivity contribution in [3.05, 3.63) is 33.8 Å². The van der Waals surface area contributed by atoms with Gasteiger partial charge < -0.3 is 9.84 Å². The van der Waals surface area contributed by atoms with Crippen molar-refractivity contribution in [3.8, 4) is 0 Å². The van der Waals surface area contributed by atoms with Crippen LogP contribution in [-0.2, 0) is 9.53 Å². The monoisotopic (exact) mass is 272 g/mol. The van der Waals surface area contributed by atoms with E-state index in [1.54, 1.807) is 25.1 Å². The standard InChI is InChI=1S/C11H13BrO3/c1-3-15-11(14)10(13)8-4-5-9(12)7(2)6-8/h4-6,10,13H,3H2,1-2H3. The van der Waals surface area contributed by atoms with E-state index in [9.17, 15) is 9.90 Å². The number of halogens is 1. The maximum atomic E-state index is 11.3. The summed E-state index contributed by atoms with van der Waals surface area (Å²) in [4.78, 5) is 11.3. The summed E-state index contributed by atoms with van der Waals surface area (Å²) >= 11 is 3.35. The molecule has 0 aliphatic rings. The quantitative estimate of drug-likeness (QED) is 0.860. The summed E-state index contributed by atoms with van der Waals surface area (Å²) in [5, 5.41) is 9.65. The Morgan fingerprint density at radius 3 is 2.80 bits per heavy atom. The van der Waals surface area contributed by atoms with E-state index in [2.05, 4.69) is 15.9 Å². The van der Waals surface area contributed by atoms with Gasteiger partial charge in [-0.3, -0.25) is 0 Å². The fourth-order valence-corrected chi connectivity index (χ4v) is 1.44. The average molecular weight is 273 g/mol. The van der Waals surface area contributed by atoms with Gasteiger partial charge in [-0.15, -0.1) is 0 Å². The van der Waals surface area contributed by atoms with Crippen LogP contribution in [0.4, 0.5) is 0 Å². The van der Waals surface area contributed by atoms with Crippen LogP contribution in [0.1, 0.15) is 24.2 Å². The number of benzene rings is 1. The van der Waals surface area contributed by atoms with Crippen molar-refractivity contribution >= 4 is 21.9 Å². The number of hydrogen-bond donors (Lipinski definition) is 1. The van der Waals surface area contributed by atoms with Crippen LogP contribution in [0.3, 0.4) is 0 Å². The van der Waals surface area contributed by atoms with Crippen LogP contribution in [0.5, 0.6) is 0 Å². The Morgan fingerprint density at radius 2 is 2.27 bits per heavy atom. The fourth-order valence-electron chi connectivity index (χ4n) is 1.20. The summed E-state index contributed by atoms with van der Waals surface area (Å²) < 4.78 is 5.67. The van der Waals surface area contributed by atoms with Crippen LogP contribution in [0, 0.1) is 6.92 Å². The molecule has 1 atom stereocenters. The molecule has 1 unspecified atom stereocenters. The molecule has 0 spiro atoms. The number of aliphatic hydroxyl groups is 1. The van der Waals surface area contributed by atoms with Crippen molar-refractivity contribution in [2.24, 2.45) is 0 Å². The molecule has 1 N–H and O–H groups in total. The van der Waals surface area contributed by atoms with E-state index in [-0.39, 0.29) is 6.61 Å². The van der Waals surface area contributed by atoms with Crippen molar-refractivity contribution in [1.29, 1.82) is 0 Å². The molecule has 1 rings (SSSR count). The Labute approximate surface area is 97.2 Å². The first-order valence-corrected chi connectivity index (χ1v) is 5.46. The van der Waals surface area contributed by atoms with Gasteiger partial charge in [-0.25, -0.2) is 4.79 Å². The zero-order valence-electron chi connectivity index (χ0n) is 8.66. The van der Waals surface area contributed by atoms with Gasteiger partial charge in [0.05, 0.1) is 6.61 Å². The van der Waals surface area contributed by atoms with Gasteiger partial charge in [0.15, 0.2) is 6.10 Å². The highest BCUT2D eigenvalue weighted by molar-refractivity contribution is 9.10. The van der Waals surface area contributed by atoms with Crippen molar-refractivity contribution in [2.45, 2.75) is 20.0 Å². The van der Waals surface area contributed by atoms with E-state index in [4.69, 9.17) is 4.74 Å². The molecule has 0 radical (unpaired) electrons. The third-order valence-corrected chi connectivity index (χ3v) is 2.90. The third-order valence-electron chi connectivity index (χ3n) is 2.01. The summed E-state index contributed by atoms with van der Waals surface area (Å²) in [6.45, 7) is 3.87. The molecule has 4 heteroatoms. The smallest absolute Gasteiger partial charge is 0.339 e. The van der Waals surface area contributed by atoms with Crippen LogP contribution in [0.25, 0.3) is 0 Å². The highest BCUT2D eigenvalue weighted by Crippen LogP contribution is 2.21. The highest BCUT2D eigenvalue weighted by atomic mass is 79.9. The summed E-state index contributed by atoms with van der Waals surface area (Å²) in [7, 11) is 0. The van der Waals surface area contributed by atoms with Gasteiger partial charge in [0.1, 0.15) is 0 Å². The minimum atomic E-state index is -1.20. The van der Waals surface area contributed by atoms with E-state index in [1.165, 1.54) is 0 Å². The number of aliphatic hydroxyl groups excluding tert-OH is 1. The third kappa shape index (κ3) is 3.04. The fraction of sp³-hybridized carbons (Fsp3) is 0.364. The lowest BCUT2D eigenvalue weighted by Crippen LogP contribution is -2.15. The molecule has 0 fully saturated rings. The topological polar surface area (TPSA) is 46.5 Å². The Kier molecular flexibility index (Phi) is 4.29. The predicted octanol–water partition coefficient (Wildman–Crippen LogP) is 2.35. The van der Waals surface area contributed by atoms with Crippen LogP contribution in [-0.4, -0.2) is 17.7 Å². The lowest BCUT2D eigenvalue weighted by molar-refractivity contribution is -0.153. The molecule has 1 aromatic carbocycles. The van der Waals surface area contributed by atoms with Gasteiger partial charge in [-0.05, 0) is 31.0 Å². The Hall–Kier alpha value is -0.870. The summed E-state index contributed by atoms with van der Waals surface area (Å²) in [6, 6.07) is 5.25. The number of ether oxygens (including phenoxy) is 1. The Bertz CT molecular complexity index is 363. The van der Waals surface area contributed by atoms with Gasteiger partial charge >= 0.3 is 5.97 Å². The number of carbonyl (C=O) groups is 1. The SMILES string of the molecule is CCOC(=O)C(O)c1ccc(Br)c(C)c1. The largest absolute Gasteiger partial charge is 0.464 e. The minimum absolute atomic E-state index is 0.269. The number of esters is 1. The molecular formula is C11H13BrO3. The van der Waals surface area contributed by atoms with Crippen molar-refractivity contribution in [3.63, 3.8) is 0 Å². The van der Waals surface area contributed by atoms with Crippen molar-refractivity contribution in [2.75, 3.05) is 6.61 Å². The molecule has 0 aliphatic carbocycles. The van der Waals surface area contributed by atoms with Gasteiger partial charge in [0, 0.05) is 4.47 Å². The first kappa shape index (κ1) is 12.2. The molecule has 1 aromatic rings. The number of aryl methyl sites for hydroxylation is 1. The van der Waals surface area contributed by atoms with Gasteiger partial charge in [0.25, 0.3) is 0 Å². The van der Waals surface area contributed by atoms with Crippen molar-refractivity contribution < 1.29 is 14.6 Å². The molecule has 3 nitrogen and oxygen atoms in total. The number of rotatable bonds is 3. The summed E-state index contributed by atoms with van der Waals surface area (Å²) in [5.41, 5.74) is 1.52. The molecule has 82 valence electrons. The van der Waals surface area contributed by atoms with Crippen LogP contribution >= 0.6 is 15.9 Å². The normalized spacial score (nSPS) is 12.3. The maximum absolute atomic E-state index is 11.3. The second-order valence-electron chi connectivity index (χ2n) is 3.16. The van der Waals surface area contributed by atoms with E-state index in [1.807, 2.05) is 6.92 Å². The van der Waals surface area contributed by atoms with Crippen molar-refractivity contribution in [1.82, 2.24) is 0 Å². The average Bonchev–Trinajstić information content (AvgIpc) is 2.21. The Morgan fingerprint density at radius 1 is 1.60 bits per heavy atom. The predicted molar refractivity (Wildman–Crippen MR) is 60.5 cm³/mol. The molecule has 0 heterocycles. The van der Waals surface area contributed by atoms with E-state index < -0.39 is 12.1 Å². The summed E-state index contributed by atoms with van der Waals surface area (Å²) in [5.74, 6) is -0.612. The zero-order chi connectivity index (χ0) is 11.4. The van der Waals surface area contributed by atoms with Gasteiger partial charge in [-0.2, -0.15) is 0 Å². The number of hydrogen-bond acceptors (Lipinski definition) is 3. The van der Waals surface area contributed by atoms with E-state index in [0.717, 1.165) is 10.0 Å². The van der Waals surface area contributed by atoms with Gasteiger partial charge in [-0.1, -0.05) is 28.1 Å². The van der Waals surface area contributed by atoms with Crippen LogP contribution in [0.15, 0.2) is 22.7 Å². The maximum Gasteiger partial charge on any atom is 0.339 e. The summed E-state index contributed by atoms with van der Waals surface area (Å²) in [6.07, 6.45) is -1.20. The number of carbonyl (C=O) groups excluding carboxylic acids is 1. The second-order valence-corrected chi connectivity index (χ2v) is 4.02. The molecule has 0 aromatic heterocycles. The first-order chi connectivity index (χ1) is 7.06. The molecule has 0 saturated heterocycles. The molecule has 0 aliphatic heterocycles. The zero-order valence-corrected chi connectivity index (χ0v) is 10.2. The molecule has 15 heavy (non-hydrogen) atoms. The van der Waals surface area contributed by atoms with E-state index >= 15 is 0 Å². The van der Waals surface area contributed by atoms with Crippen LogP contribution < -0.4 is 0 Å². The lowest BCUT2D eigenvalue weighted by atomic mass is 10.1. The lowest BCUT2D eigenvalue weighted by Gasteiger charge is -2.10. The minimum Gasteiger partial charge on any atom is -0.464 e. The first-order valence-electron chi connectivity index (χ1n) is 4.67. The van der Waals surface area contributed by atoms with Gasteiger partial charge in [0.2, 0.25) is 0 Å². The van der Waals surface area contributed by atoms with E-state index in [0.29, 0.717) is 5.56 Å². The second kappa shape index (κ2) is 5.28. The molecule has 0 bridgehead atoms. The van der Waals surface area contributed by atoms with Crippen LogP contribution in [0.2, 0.25) is 0 Å².